The Morgan fingerprint density at radius 2 is 1.59 bits per heavy atom. The molecule has 0 aliphatic heterocycles. The van der Waals surface area contributed by atoms with E-state index in [-0.39, 0.29) is 6.61 Å². The van der Waals surface area contributed by atoms with Crippen molar-refractivity contribution in [3.8, 4) is 5.75 Å². The van der Waals surface area contributed by atoms with Gasteiger partial charge in [0.2, 0.25) is 0 Å². The van der Waals surface area contributed by atoms with Gasteiger partial charge in [-0.3, -0.25) is 0 Å². The fraction of sp³-hybridized carbons (Fsp3) is 0.458. The van der Waals surface area contributed by atoms with E-state index in [0.29, 0.717) is 19.6 Å². The fourth-order valence-electron chi connectivity index (χ4n) is 1.96. The molecule has 5 heteroatoms. The first kappa shape index (κ1) is 26.5. The number of aliphatic hydroxyl groups excluding tert-OH is 1. The lowest BCUT2D eigenvalue weighted by Crippen LogP contribution is -2.33. The van der Waals surface area contributed by atoms with Crippen LogP contribution in [0.4, 0.5) is 4.79 Å². The fourth-order valence-corrected chi connectivity index (χ4v) is 1.96. The molecule has 0 fully saturated rings. The minimum atomic E-state index is -0.455. The Bertz CT molecular complexity index is 649. The maximum Gasteiger partial charge on any atom is 0.407 e. The molecule has 0 aliphatic carbocycles. The van der Waals surface area contributed by atoms with Crippen molar-refractivity contribution >= 4 is 6.09 Å². The van der Waals surface area contributed by atoms with E-state index in [9.17, 15) is 4.79 Å². The van der Waals surface area contributed by atoms with Gasteiger partial charge in [0.15, 0.2) is 0 Å². The average molecular weight is 404 g/mol. The number of hydrogen-bond donors (Lipinski definition) is 2. The molecular formula is C24H37NO4. The number of carbonyl (C=O) groups is 1. The van der Waals surface area contributed by atoms with Gasteiger partial charge in [-0.15, -0.1) is 0 Å². The molecule has 0 bridgehead atoms. The first-order valence-electron chi connectivity index (χ1n) is 10.1. The highest BCUT2D eigenvalue weighted by Gasteiger charge is 2.15. The van der Waals surface area contributed by atoms with Crippen LogP contribution in [0, 0.1) is 6.92 Å². The van der Waals surface area contributed by atoms with Crippen LogP contribution in [0.1, 0.15) is 52.2 Å². The van der Waals surface area contributed by atoms with Crippen LogP contribution >= 0.6 is 0 Å². The predicted octanol–water partition coefficient (Wildman–Crippen LogP) is 5.49. The summed E-state index contributed by atoms with van der Waals surface area (Å²) in [7, 11) is 0. The summed E-state index contributed by atoms with van der Waals surface area (Å²) in [4.78, 5) is 10.9. The average Bonchev–Trinajstić information content (AvgIpc) is 2.69. The summed E-state index contributed by atoms with van der Waals surface area (Å²) in [5.74, 6) is 0.921. The maximum atomic E-state index is 10.9. The Morgan fingerprint density at radius 1 is 1.00 bits per heavy atom. The van der Waals surface area contributed by atoms with Gasteiger partial charge in [0.05, 0.1) is 0 Å². The molecule has 0 atom stereocenters. The molecule has 0 unspecified atom stereocenters. The monoisotopic (exact) mass is 403 g/mol. The molecule has 5 nitrogen and oxygen atoms in total. The number of benzene rings is 2. The zero-order chi connectivity index (χ0) is 22.1. The van der Waals surface area contributed by atoms with Gasteiger partial charge < -0.3 is 19.9 Å². The van der Waals surface area contributed by atoms with Crippen LogP contribution in [0.15, 0.2) is 54.6 Å². The maximum absolute atomic E-state index is 10.9. The Hall–Kier alpha value is -2.53. The highest BCUT2D eigenvalue weighted by Crippen LogP contribution is 2.13. The topological polar surface area (TPSA) is 67.8 Å². The molecule has 162 valence electrons. The van der Waals surface area contributed by atoms with Crippen LogP contribution in [-0.4, -0.2) is 30.0 Å². The molecule has 0 aromatic heterocycles. The Labute approximate surface area is 176 Å². The molecule has 0 saturated heterocycles. The third kappa shape index (κ3) is 15.1. The van der Waals surface area contributed by atoms with Crippen LogP contribution in [0.5, 0.6) is 5.75 Å². The highest BCUT2D eigenvalue weighted by atomic mass is 16.6. The third-order valence-electron chi connectivity index (χ3n) is 3.27. The van der Waals surface area contributed by atoms with E-state index in [1.807, 2.05) is 44.2 Å². The number of hydrogen-bond acceptors (Lipinski definition) is 4. The molecule has 2 aromatic rings. The molecule has 0 spiro atoms. The number of carbonyl (C=O) groups excluding carboxylic acids is 1. The van der Waals surface area contributed by atoms with Crippen molar-refractivity contribution in [2.75, 3.05) is 13.2 Å². The second-order valence-electron chi connectivity index (χ2n) is 7.09. The van der Waals surface area contributed by atoms with Gasteiger partial charge >= 0.3 is 6.09 Å². The number of ether oxygens (including phenoxy) is 2. The van der Waals surface area contributed by atoms with Crippen molar-refractivity contribution in [2.45, 2.75) is 60.2 Å². The van der Waals surface area contributed by atoms with Gasteiger partial charge in [0.25, 0.3) is 0 Å². The molecule has 2 aromatic carbocycles. The predicted molar refractivity (Wildman–Crippen MR) is 119 cm³/mol. The minimum Gasteiger partial charge on any atom is -0.489 e. The minimum absolute atomic E-state index is 0.0792. The lowest BCUT2D eigenvalue weighted by atomic mass is 10.2. The number of amides is 1. The molecule has 0 heterocycles. The zero-order valence-electron chi connectivity index (χ0n) is 18.7. The van der Waals surface area contributed by atoms with Crippen LogP contribution < -0.4 is 10.1 Å². The summed E-state index contributed by atoms with van der Waals surface area (Å²) in [5.41, 5.74) is 1.99. The Morgan fingerprint density at radius 3 is 2.10 bits per heavy atom. The van der Waals surface area contributed by atoms with Crippen molar-refractivity contribution in [3.05, 3.63) is 65.7 Å². The smallest absolute Gasteiger partial charge is 0.407 e. The Kier molecular flexibility index (Phi) is 14.1. The number of aryl methyl sites for hydroxylation is 1. The van der Waals surface area contributed by atoms with Gasteiger partial charge in [-0.2, -0.15) is 0 Å². The molecule has 1 amide bonds. The SMILES string of the molecule is CC.CC(C)(C)OC(=O)NCCCO.Cc1ccc(OCc2ccccc2)cc1. The highest BCUT2D eigenvalue weighted by molar-refractivity contribution is 5.67. The molecule has 0 aliphatic rings. The molecular weight excluding hydrogens is 366 g/mol. The molecule has 0 saturated carbocycles. The van der Waals surface area contributed by atoms with Crippen LogP contribution in [-0.2, 0) is 11.3 Å². The van der Waals surface area contributed by atoms with Crippen molar-refractivity contribution < 1.29 is 19.4 Å². The number of rotatable bonds is 6. The standard InChI is InChI=1S/C14H14O.C8H17NO3.C2H6/c1-12-7-9-14(10-8-12)15-11-13-5-3-2-4-6-13;1-8(2,3)12-7(11)9-5-4-6-10;1-2/h2-10H,11H2,1H3;10H,4-6H2,1-3H3,(H,9,11);1-2H3. The second-order valence-corrected chi connectivity index (χ2v) is 7.09. The summed E-state index contributed by atoms with van der Waals surface area (Å²) in [5, 5.41) is 10.9. The van der Waals surface area contributed by atoms with Crippen LogP contribution in [0.3, 0.4) is 0 Å². The summed E-state index contributed by atoms with van der Waals surface area (Å²) in [6.45, 7) is 12.6. The quantitative estimate of drug-likeness (QED) is 0.626. The lowest BCUT2D eigenvalue weighted by Gasteiger charge is -2.19. The third-order valence-corrected chi connectivity index (χ3v) is 3.27. The van der Waals surface area contributed by atoms with Crippen LogP contribution in [0.25, 0.3) is 0 Å². The van der Waals surface area contributed by atoms with E-state index in [4.69, 9.17) is 14.6 Å². The van der Waals surface area contributed by atoms with E-state index < -0.39 is 11.7 Å². The molecule has 2 N–H and O–H groups in total. The van der Waals surface area contributed by atoms with Gasteiger partial charge in [0, 0.05) is 13.2 Å². The normalized spacial score (nSPS) is 9.90. The first-order chi connectivity index (χ1) is 13.8. The summed E-state index contributed by atoms with van der Waals surface area (Å²) in [6.07, 6.45) is 0.120. The van der Waals surface area contributed by atoms with Gasteiger partial charge in [0.1, 0.15) is 18.0 Å². The summed E-state index contributed by atoms with van der Waals surface area (Å²) in [6, 6.07) is 18.3. The first-order valence-corrected chi connectivity index (χ1v) is 10.1. The zero-order valence-corrected chi connectivity index (χ0v) is 18.7. The van der Waals surface area contributed by atoms with E-state index >= 15 is 0 Å². The van der Waals surface area contributed by atoms with Gasteiger partial charge in [-0.25, -0.2) is 4.79 Å². The van der Waals surface area contributed by atoms with E-state index in [2.05, 4.69) is 36.5 Å². The summed E-state index contributed by atoms with van der Waals surface area (Å²) < 4.78 is 10.6. The van der Waals surface area contributed by atoms with E-state index in [1.54, 1.807) is 20.8 Å². The molecule has 29 heavy (non-hydrogen) atoms. The van der Waals surface area contributed by atoms with Crippen molar-refractivity contribution in [3.63, 3.8) is 0 Å². The molecule has 2 rings (SSSR count). The van der Waals surface area contributed by atoms with E-state index in [0.717, 1.165) is 5.75 Å². The summed E-state index contributed by atoms with van der Waals surface area (Å²) >= 11 is 0. The number of aliphatic hydroxyl groups is 1. The molecule has 0 radical (unpaired) electrons. The van der Waals surface area contributed by atoms with Crippen molar-refractivity contribution in [1.29, 1.82) is 0 Å². The van der Waals surface area contributed by atoms with E-state index in [1.165, 1.54) is 11.1 Å². The van der Waals surface area contributed by atoms with Gasteiger partial charge in [-0.05, 0) is 51.8 Å². The van der Waals surface area contributed by atoms with Crippen molar-refractivity contribution in [2.24, 2.45) is 0 Å². The second kappa shape index (κ2) is 15.4. The lowest BCUT2D eigenvalue weighted by molar-refractivity contribution is 0.0525. The van der Waals surface area contributed by atoms with Gasteiger partial charge in [-0.1, -0.05) is 61.9 Å². The number of nitrogens with one attached hydrogen (secondary N) is 1. The van der Waals surface area contributed by atoms with Crippen LogP contribution in [0.2, 0.25) is 0 Å². The van der Waals surface area contributed by atoms with Crippen molar-refractivity contribution in [1.82, 2.24) is 5.32 Å². The number of alkyl carbamates (subject to hydrolysis) is 1. The largest absolute Gasteiger partial charge is 0.489 e. The Balaban J connectivity index is 0.000000512.